The van der Waals surface area contributed by atoms with E-state index in [4.69, 9.17) is 0 Å². The lowest BCUT2D eigenvalue weighted by Crippen LogP contribution is -2.32. The monoisotopic (exact) mass is 271 g/mol. The Hall–Kier alpha value is -1.57. The number of hydrogen-bond donors (Lipinski definition) is 0. The average molecular weight is 271 g/mol. The van der Waals surface area contributed by atoms with Crippen LogP contribution in [-0.4, -0.2) is 12.8 Å². The Labute approximate surface area is 122 Å². The predicted octanol–water partition coefficient (Wildman–Crippen LogP) is 4.30. The zero-order valence-corrected chi connectivity index (χ0v) is 13.2. The molecule has 1 aromatic rings. The maximum Gasteiger partial charge on any atom is 0.148 e. The van der Waals surface area contributed by atoms with Gasteiger partial charge in [-0.15, -0.1) is 0 Å². The van der Waals surface area contributed by atoms with Crippen molar-refractivity contribution >= 4 is 12.0 Å². The molecule has 0 spiro atoms. The van der Waals surface area contributed by atoms with Crippen molar-refractivity contribution in [2.45, 2.75) is 46.5 Å². The molecule has 0 atom stereocenters. The van der Waals surface area contributed by atoms with E-state index in [2.05, 4.69) is 63.8 Å². The van der Waals surface area contributed by atoms with Crippen LogP contribution in [0.5, 0.6) is 0 Å². The van der Waals surface area contributed by atoms with Crippen molar-refractivity contribution in [3.05, 3.63) is 41.6 Å². The first kappa shape index (κ1) is 14.8. The maximum atomic E-state index is 11.2. The molecule has 0 unspecified atom stereocenters. The van der Waals surface area contributed by atoms with E-state index in [1.54, 1.807) is 0 Å². The van der Waals surface area contributed by atoms with Gasteiger partial charge < -0.3 is 4.90 Å². The fraction of sp³-hybridized carbons (Fsp3) is 0.500. The van der Waals surface area contributed by atoms with Gasteiger partial charge in [0.05, 0.1) is 0 Å². The van der Waals surface area contributed by atoms with Gasteiger partial charge in [-0.2, -0.15) is 0 Å². The summed E-state index contributed by atoms with van der Waals surface area (Å²) in [4.78, 5) is 13.4. The number of carbonyl (C=O) groups is 1. The zero-order chi connectivity index (χ0) is 15.0. The minimum absolute atomic E-state index is 0.0103. The minimum Gasteiger partial charge on any atom is -0.348 e. The van der Waals surface area contributed by atoms with E-state index in [1.807, 2.05) is 6.20 Å². The summed E-state index contributed by atoms with van der Waals surface area (Å²) in [5.41, 5.74) is 3.53. The van der Waals surface area contributed by atoms with Crippen molar-refractivity contribution in [1.82, 2.24) is 0 Å². The van der Waals surface area contributed by atoms with Crippen LogP contribution in [0.1, 0.15) is 46.6 Å². The lowest BCUT2D eigenvalue weighted by Gasteiger charge is -2.35. The van der Waals surface area contributed by atoms with E-state index < -0.39 is 0 Å². The number of allylic oxidation sites excluding steroid dienone is 1. The van der Waals surface area contributed by atoms with Crippen LogP contribution in [0.15, 0.2) is 36.0 Å². The Morgan fingerprint density at radius 2 is 1.75 bits per heavy atom. The quantitative estimate of drug-likeness (QED) is 0.747. The number of benzene rings is 1. The van der Waals surface area contributed by atoms with Gasteiger partial charge in [-0.3, -0.25) is 4.79 Å². The first-order valence-electron chi connectivity index (χ1n) is 7.29. The van der Waals surface area contributed by atoms with Gasteiger partial charge in [0.15, 0.2) is 0 Å². The summed E-state index contributed by atoms with van der Waals surface area (Å²) in [7, 11) is 0. The molecule has 0 aliphatic carbocycles. The molecule has 2 nitrogen and oxygen atoms in total. The van der Waals surface area contributed by atoms with Crippen molar-refractivity contribution in [2.24, 2.45) is 5.41 Å². The summed E-state index contributed by atoms with van der Waals surface area (Å²) in [5, 5.41) is 0. The second-order valence-corrected chi connectivity index (χ2v) is 7.33. The predicted molar refractivity (Wildman–Crippen MR) is 85.0 cm³/mol. The molecule has 0 N–H and O–H groups in total. The summed E-state index contributed by atoms with van der Waals surface area (Å²) in [6, 6.07) is 8.67. The summed E-state index contributed by atoms with van der Waals surface area (Å²) >= 11 is 0. The van der Waals surface area contributed by atoms with E-state index in [1.165, 1.54) is 5.56 Å². The summed E-state index contributed by atoms with van der Waals surface area (Å²) < 4.78 is 0. The molecule has 0 aromatic heterocycles. The molecule has 0 amide bonds. The standard InChI is InChI=1S/C18H25NO/c1-17(2,3)14-6-8-16(9-7-14)19-11-10-18(4,5)15(12-19)13-20/h6-9,12-13H,10-11H2,1-5H3. The number of aldehydes is 1. The fourth-order valence-corrected chi connectivity index (χ4v) is 2.50. The van der Waals surface area contributed by atoms with Gasteiger partial charge in [-0.1, -0.05) is 46.8 Å². The highest BCUT2D eigenvalue weighted by Gasteiger charge is 2.28. The number of carbonyl (C=O) groups excluding carboxylic acids is 1. The van der Waals surface area contributed by atoms with E-state index >= 15 is 0 Å². The summed E-state index contributed by atoms with van der Waals surface area (Å²) in [6.45, 7) is 11.9. The van der Waals surface area contributed by atoms with Crippen LogP contribution in [-0.2, 0) is 10.2 Å². The van der Waals surface area contributed by atoms with E-state index in [-0.39, 0.29) is 10.8 Å². The fourth-order valence-electron chi connectivity index (χ4n) is 2.50. The van der Waals surface area contributed by atoms with Crippen LogP contribution >= 0.6 is 0 Å². The molecule has 108 valence electrons. The van der Waals surface area contributed by atoms with Gasteiger partial charge in [0.1, 0.15) is 6.29 Å². The van der Waals surface area contributed by atoms with Crippen LogP contribution in [0.25, 0.3) is 0 Å². The molecule has 1 aliphatic rings. The van der Waals surface area contributed by atoms with Gasteiger partial charge in [-0.05, 0) is 34.9 Å². The lowest BCUT2D eigenvalue weighted by molar-refractivity contribution is -0.105. The zero-order valence-electron chi connectivity index (χ0n) is 13.2. The Kier molecular flexibility index (Phi) is 3.77. The van der Waals surface area contributed by atoms with Crippen molar-refractivity contribution < 1.29 is 4.79 Å². The normalized spacial score (nSPS) is 18.6. The number of nitrogens with zero attached hydrogens (tertiary/aromatic N) is 1. The second kappa shape index (κ2) is 5.08. The highest BCUT2D eigenvalue weighted by Crippen LogP contribution is 2.35. The van der Waals surface area contributed by atoms with Crippen LogP contribution in [0.2, 0.25) is 0 Å². The summed E-state index contributed by atoms with van der Waals surface area (Å²) in [5.74, 6) is 0. The molecule has 20 heavy (non-hydrogen) atoms. The van der Waals surface area contributed by atoms with E-state index in [9.17, 15) is 4.79 Å². The smallest absolute Gasteiger partial charge is 0.148 e. The Balaban J connectivity index is 2.27. The number of rotatable bonds is 2. The van der Waals surface area contributed by atoms with Crippen LogP contribution in [0.3, 0.4) is 0 Å². The maximum absolute atomic E-state index is 11.2. The average Bonchev–Trinajstić information content (AvgIpc) is 2.37. The largest absolute Gasteiger partial charge is 0.348 e. The van der Waals surface area contributed by atoms with Crippen LogP contribution < -0.4 is 4.90 Å². The van der Waals surface area contributed by atoms with E-state index in [0.29, 0.717) is 0 Å². The topological polar surface area (TPSA) is 20.3 Å². The number of anilines is 1. The third kappa shape index (κ3) is 2.95. The van der Waals surface area contributed by atoms with Crippen molar-refractivity contribution in [1.29, 1.82) is 0 Å². The van der Waals surface area contributed by atoms with Crippen molar-refractivity contribution in [2.75, 3.05) is 11.4 Å². The molecule has 1 heterocycles. The first-order valence-corrected chi connectivity index (χ1v) is 7.29. The molecule has 0 radical (unpaired) electrons. The molecule has 2 heteroatoms. The molecule has 2 rings (SSSR count). The Morgan fingerprint density at radius 3 is 2.25 bits per heavy atom. The molecule has 0 bridgehead atoms. The Morgan fingerprint density at radius 1 is 1.15 bits per heavy atom. The second-order valence-electron chi connectivity index (χ2n) is 7.33. The van der Waals surface area contributed by atoms with Gasteiger partial charge in [0.2, 0.25) is 0 Å². The lowest BCUT2D eigenvalue weighted by atomic mass is 9.80. The highest BCUT2D eigenvalue weighted by molar-refractivity contribution is 5.77. The molecule has 0 fully saturated rings. The molecule has 1 aliphatic heterocycles. The number of hydrogen-bond acceptors (Lipinski definition) is 2. The van der Waals surface area contributed by atoms with Gasteiger partial charge in [0.25, 0.3) is 0 Å². The molecular formula is C18H25NO. The SMILES string of the molecule is CC1(C)CCN(c2ccc(C(C)(C)C)cc2)C=C1C=O. The third-order valence-corrected chi connectivity index (χ3v) is 4.25. The van der Waals surface area contributed by atoms with E-state index in [0.717, 1.165) is 30.5 Å². The van der Waals surface area contributed by atoms with Crippen LogP contribution in [0.4, 0.5) is 5.69 Å². The molecule has 0 saturated carbocycles. The van der Waals surface area contributed by atoms with Crippen LogP contribution in [0, 0.1) is 5.41 Å². The first-order chi connectivity index (χ1) is 9.24. The van der Waals surface area contributed by atoms with Gasteiger partial charge >= 0.3 is 0 Å². The molecule has 0 saturated heterocycles. The van der Waals surface area contributed by atoms with Gasteiger partial charge in [-0.25, -0.2) is 0 Å². The molecule has 1 aromatic carbocycles. The van der Waals surface area contributed by atoms with Gasteiger partial charge in [0, 0.05) is 24.0 Å². The Bertz CT molecular complexity index is 517. The third-order valence-electron chi connectivity index (χ3n) is 4.25. The highest BCUT2D eigenvalue weighted by atomic mass is 16.1. The molecular weight excluding hydrogens is 246 g/mol. The van der Waals surface area contributed by atoms with Crippen molar-refractivity contribution in [3.8, 4) is 0 Å². The van der Waals surface area contributed by atoms with Crippen molar-refractivity contribution in [3.63, 3.8) is 0 Å². The summed E-state index contributed by atoms with van der Waals surface area (Å²) in [6.07, 6.45) is 4.00. The minimum atomic E-state index is -0.0103.